The number of nitrogens with zero attached hydrogens (tertiary/aromatic N) is 2. The summed E-state index contributed by atoms with van der Waals surface area (Å²) in [5, 5.41) is 0.861. The molecule has 0 amide bonds. The maximum atomic E-state index is 6.21. The number of hydrogen-bond donors (Lipinski definition) is 0. The third-order valence-electron chi connectivity index (χ3n) is 6.37. The molecule has 0 spiro atoms. The molecule has 2 aliphatic rings. The summed E-state index contributed by atoms with van der Waals surface area (Å²) in [6.45, 7) is 9.90. The van der Waals surface area contributed by atoms with Crippen molar-refractivity contribution in [3.63, 3.8) is 0 Å². The van der Waals surface area contributed by atoms with Gasteiger partial charge in [0.25, 0.3) is 0 Å². The first-order valence-electron chi connectivity index (χ1n) is 9.87. The average molecular weight is 369 g/mol. The van der Waals surface area contributed by atoms with Gasteiger partial charge >= 0.3 is 0 Å². The molecule has 2 fully saturated rings. The van der Waals surface area contributed by atoms with Crippen molar-refractivity contribution in [3.05, 3.63) is 63.7 Å². The van der Waals surface area contributed by atoms with Gasteiger partial charge in [0.2, 0.25) is 0 Å². The van der Waals surface area contributed by atoms with Crippen LogP contribution < -0.4 is 4.90 Å². The van der Waals surface area contributed by atoms with Crippen molar-refractivity contribution >= 4 is 17.3 Å². The van der Waals surface area contributed by atoms with Crippen molar-refractivity contribution in [2.75, 3.05) is 24.5 Å². The van der Waals surface area contributed by atoms with Crippen molar-refractivity contribution in [2.45, 2.75) is 52.1 Å². The molecule has 2 aliphatic heterocycles. The number of rotatable bonds is 2. The Hall–Kier alpha value is -1.51. The van der Waals surface area contributed by atoms with Crippen LogP contribution in [0, 0.1) is 20.8 Å². The van der Waals surface area contributed by atoms with E-state index in [1.807, 2.05) is 6.07 Å². The Kier molecular flexibility index (Phi) is 4.98. The molecular formula is C23H29ClN2. The topological polar surface area (TPSA) is 6.48 Å². The normalized spacial score (nSPS) is 23.8. The van der Waals surface area contributed by atoms with Crippen molar-refractivity contribution in [1.82, 2.24) is 4.90 Å². The van der Waals surface area contributed by atoms with Crippen molar-refractivity contribution in [3.8, 4) is 0 Å². The van der Waals surface area contributed by atoms with Crippen LogP contribution in [0.5, 0.6) is 0 Å². The summed E-state index contributed by atoms with van der Waals surface area (Å²) in [4.78, 5) is 5.32. The minimum atomic E-state index is 0.585. The fourth-order valence-electron chi connectivity index (χ4n) is 4.64. The van der Waals surface area contributed by atoms with Gasteiger partial charge in [0.1, 0.15) is 0 Å². The second-order valence-electron chi connectivity index (χ2n) is 8.06. The molecule has 26 heavy (non-hydrogen) atoms. The lowest BCUT2D eigenvalue weighted by Gasteiger charge is -2.49. The highest BCUT2D eigenvalue weighted by Crippen LogP contribution is 2.37. The van der Waals surface area contributed by atoms with Crippen LogP contribution >= 0.6 is 11.6 Å². The zero-order valence-corrected chi connectivity index (χ0v) is 16.9. The Balaban J connectivity index is 1.53. The van der Waals surface area contributed by atoms with Gasteiger partial charge in [-0.05, 0) is 80.5 Å². The van der Waals surface area contributed by atoms with E-state index in [1.54, 1.807) is 0 Å². The van der Waals surface area contributed by atoms with Gasteiger partial charge in [-0.1, -0.05) is 29.8 Å². The summed E-state index contributed by atoms with van der Waals surface area (Å²) in [5.74, 6) is 0. The van der Waals surface area contributed by atoms with Crippen LogP contribution in [0.15, 0.2) is 36.4 Å². The molecule has 2 heterocycles. The zero-order chi connectivity index (χ0) is 18.3. The first-order chi connectivity index (χ1) is 12.5. The molecule has 0 unspecified atom stereocenters. The van der Waals surface area contributed by atoms with Gasteiger partial charge in [-0.15, -0.1) is 0 Å². The largest absolute Gasteiger partial charge is 0.369 e. The molecule has 2 atom stereocenters. The quantitative estimate of drug-likeness (QED) is 0.672. The van der Waals surface area contributed by atoms with Gasteiger partial charge in [-0.2, -0.15) is 0 Å². The zero-order valence-electron chi connectivity index (χ0n) is 16.1. The van der Waals surface area contributed by atoms with E-state index >= 15 is 0 Å². The van der Waals surface area contributed by atoms with Gasteiger partial charge in [0.15, 0.2) is 0 Å². The summed E-state index contributed by atoms with van der Waals surface area (Å²) in [6, 6.07) is 14.7. The standard InChI is InChI=1S/C23H29ClN2/c1-16-7-8-19(13-17(16)2)23-6-4-5-21-15-25(11-12-26(21)23)20-9-10-22(24)18(3)14-20/h7-10,13-14,21,23H,4-6,11-12,15H2,1-3H3/t21-,23+/m1/s1. The molecule has 2 aromatic rings. The van der Waals surface area contributed by atoms with E-state index in [1.165, 1.54) is 47.2 Å². The smallest absolute Gasteiger partial charge is 0.0436 e. The van der Waals surface area contributed by atoms with E-state index in [4.69, 9.17) is 11.6 Å². The molecule has 0 radical (unpaired) electrons. The first kappa shape index (κ1) is 17.9. The highest BCUT2D eigenvalue weighted by molar-refractivity contribution is 6.31. The minimum absolute atomic E-state index is 0.585. The maximum absolute atomic E-state index is 6.21. The number of piperazine rings is 1. The summed E-state index contributed by atoms with van der Waals surface area (Å²) in [5.41, 5.74) is 6.81. The Bertz CT molecular complexity index is 801. The molecule has 3 heteroatoms. The lowest BCUT2D eigenvalue weighted by Crippen LogP contribution is -2.55. The van der Waals surface area contributed by atoms with Gasteiger partial charge in [0.05, 0.1) is 0 Å². The molecule has 0 saturated carbocycles. The molecular weight excluding hydrogens is 340 g/mol. The van der Waals surface area contributed by atoms with E-state index in [-0.39, 0.29) is 0 Å². The lowest BCUT2D eigenvalue weighted by molar-refractivity contribution is 0.0716. The lowest BCUT2D eigenvalue weighted by atomic mass is 9.88. The van der Waals surface area contributed by atoms with Crippen molar-refractivity contribution in [1.29, 1.82) is 0 Å². The number of fused-ring (bicyclic) bond motifs is 1. The van der Waals surface area contributed by atoms with E-state index in [0.29, 0.717) is 12.1 Å². The fourth-order valence-corrected chi connectivity index (χ4v) is 4.76. The van der Waals surface area contributed by atoms with E-state index < -0.39 is 0 Å². The monoisotopic (exact) mass is 368 g/mol. The Morgan fingerprint density at radius 2 is 1.73 bits per heavy atom. The molecule has 2 saturated heterocycles. The van der Waals surface area contributed by atoms with Crippen LogP contribution in [-0.4, -0.2) is 30.6 Å². The van der Waals surface area contributed by atoms with Crippen LogP contribution in [-0.2, 0) is 0 Å². The van der Waals surface area contributed by atoms with E-state index in [9.17, 15) is 0 Å². The predicted molar refractivity (Wildman–Crippen MR) is 111 cm³/mol. The van der Waals surface area contributed by atoms with Gasteiger partial charge in [-0.25, -0.2) is 0 Å². The van der Waals surface area contributed by atoms with Crippen LogP contribution in [0.1, 0.15) is 47.6 Å². The first-order valence-corrected chi connectivity index (χ1v) is 10.2. The Morgan fingerprint density at radius 3 is 2.50 bits per heavy atom. The summed E-state index contributed by atoms with van der Waals surface area (Å²) >= 11 is 6.21. The minimum Gasteiger partial charge on any atom is -0.369 e. The molecule has 138 valence electrons. The van der Waals surface area contributed by atoms with E-state index in [2.05, 4.69) is 60.9 Å². The highest BCUT2D eigenvalue weighted by atomic mass is 35.5. The molecule has 2 nitrogen and oxygen atoms in total. The van der Waals surface area contributed by atoms with Gasteiger partial charge < -0.3 is 4.90 Å². The van der Waals surface area contributed by atoms with Crippen LogP contribution in [0.25, 0.3) is 0 Å². The fraction of sp³-hybridized carbons (Fsp3) is 0.478. The second-order valence-corrected chi connectivity index (χ2v) is 8.47. The third kappa shape index (κ3) is 3.37. The van der Waals surface area contributed by atoms with E-state index in [0.717, 1.165) is 24.7 Å². The molecule has 4 rings (SSSR count). The Labute approximate surface area is 162 Å². The van der Waals surface area contributed by atoms with Gasteiger partial charge in [-0.3, -0.25) is 4.90 Å². The van der Waals surface area contributed by atoms with Crippen LogP contribution in [0.2, 0.25) is 5.02 Å². The number of aryl methyl sites for hydroxylation is 3. The highest BCUT2D eigenvalue weighted by Gasteiger charge is 2.35. The summed E-state index contributed by atoms with van der Waals surface area (Å²) in [7, 11) is 0. The molecule has 2 aromatic carbocycles. The number of halogens is 1. The summed E-state index contributed by atoms with van der Waals surface area (Å²) in [6.07, 6.45) is 3.93. The average Bonchev–Trinajstić information content (AvgIpc) is 2.65. The van der Waals surface area contributed by atoms with Crippen molar-refractivity contribution < 1.29 is 0 Å². The number of benzene rings is 2. The Morgan fingerprint density at radius 1 is 0.885 bits per heavy atom. The van der Waals surface area contributed by atoms with Gasteiger partial charge in [0, 0.05) is 42.4 Å². The summed E-state index contributed by atoms with van der Waals surface area (Å²) < 4.78 is 0. The molecule has 0 aliphatic carbocycles. The molecule has 0 bridgehead atoms. The van der Waals surface area contributed by atoms with Crippen LogP contribution in [0.3, 0.4) is 0 Å². The second kappa shape index (κ2) is 7.25. The van der Waals surface area contributed by atoms with Crippen LogP contribution in [0.4, 0.5) is 5.69 Å². The SMILES string of the molecule is Cc1ccc([C@@H]2CCC[C@@H]3CN(c4ccc(Cl)c(C)c4)CCN32)cc1C. The molecule has 0 aromatic heterocycles. The maximum Gasteiger partial charge on any atom is 0.0436 e. The predicted octanol–water partition coefficient (Wildman–Crippen LogP) is 5.68. The van der Waals surface area contributed by atoms with Crippen molar-refractivity contribution in [2.24, 2.45) is 0 Å². The number of hydrogen-bond acceptors (Lipinski definition) is 2. The number of piperidine rings is 1. The third-order valence-corrected chi connectivity index (χ3v) is 6.79. The molecule has 0 N–H and O–H groups in total. The number of anilines is 1.